The van der Waals surface area contributed by atoms with E-state index < -0.39 is 0 Å². The van der Waals surface area contributed by atoms with E-state index in [1.54, 1.807) is 0 Å². The Morgan fingerprint density at radius 1 is 1.33 bits per heavy atom. The third-order valence-corrected chi connectivity index (χ3v) is 1.67. The maximum atomic E-state index is 5.44. The minimum absolute atomic E-state index is 0.271. The van der Waals surface area contributed by atoms with Crippen LogP contribution in [0.4, 0.5) is 0 Å². The van der Waals surface area contributed by atoms with Crippen LogP contribution in [0.2, 0.25) is 0 Å². The van der Waals surface area contributed by atoms with Gasteiger partial charge in [0.2, 0.25) is 0 Å². The Hall–Kier alpha value is -1.06. The molecule has 1 aromatic rings. The zero-order valence-corrected chi connectivity index (χ0v) is 6.69. The number of nitrogens with one attached hydrogen (secondary N) is 1. The molecule has 12 heavy (non-hydrogen) atoms. The number of ether oxygens (including phenoxy) is 2. The van der Waals surface area contributed by atoms with E-state index in [1.165, 1.54) is 0 Å². The third-order valence-electron chi connectivity index (χ3n) is 1.67. The van der Waals surface area contributed by atoms with E-state index in [9.17, 15) is 0 Å². The molecule has 1 saturated heterocycles. The molecule has 1 fully saturated rings. The second kappa shape index (κ2) is 3.56. The van der Waals surface area contributed by atoms with Gasteiger partial charge in [-0.15, -0.1) is 0 Å². The Balaban J connectivity index is 1.94. The van der Waals surface area contributed by atoms with E-state index in [4.69, 9.17) is 9.47 Å². The lowest BCUT2D eigenvalue weighted by atomic mass is 10.3. The Labute approximate surface area is 71.3 Å². The summed E-state index contributed by atoms with van der Waals surface area (Å²) in [5.41, 5.74) is 0. The molecule has 1 aliphatic heterocycles. The number of hydrogen-bond acceptors (Lipinski definition) is 3. The van der Waals surface area contributed by atoms with Crippen molar-refractivity contribution in [3.8, 4) is 5.75 Å². The van der Waals surface area contributed by atoms with E-state index in [0.29, 0.717) is 0 Å². The molecule has 1 aromatic carbocycles. The van der Waals surface area contributed by atoms with Crippen molar-refractivity contribution in [2.45, 2.75) is 6.41 Å². The number of rotatable bonds is 2. The summed E-state index contributed by atoms with van der Waals surface area (Å²) >= 11 is 0. The van der Waals surface area contributed by atoms with Gasteiger partial charge in [0.25, 0.3) is 6.41 Å². The van der Waals surface area contributed by atoms with E-state index in [-0.39, 0.29) is 6.41 Å². The van der Waals surface area contributed by atoms with Crippen LogP contribution in [0.1, 0.15) is 0 Å². The summed E-state index contributed by atoms with van der Waals surface area (Å²) in [5, 5.41) is 3.06. The van der Waals surface area contributed by atoms with Crippen LogP contribution < -0.4 is 10.1 Å². The minimum atomic E-state index is -0.271. The highest BCUT2D eigenvalue weighted by molar-refractivity contribution is 5.20. The average molecular weight is 165 g/mol. The topological polar surface area (TPSA) is 30.5 Å². The van der Waals surface area contributed by atoms with Gasteiger partial charge < -0.3 is 9.47 Å². The van der Waals surface area contributed by atoms with Crippen molar-refractivity contribution in [2.75, 3.05) is 13.2 Å². The first-order valence-electron chi connectivity index (χ1n) is 4.02. The highest BCUT2D eigenvalue weighted by Crippen LogP contribution is 2.11. The summed E-state index contributed by atoms with van der Waals surface area (Å²) in [6, 6.07) is 9.64. The standard InChI is InChI=1S/C9H11NO2/c1-2-4-8(5-3-1)12-9-10-6-7-11-9/h1-5,9-10H,6-7H2. The SMILES string of the molecule is c1ccc(OC2NCCO2)cc1. The fourth-order valence-corrected chi connectivity index (χ4v) is 1.10. The van der Waals surface area contributed by atoms with E-state index in [2.05, 4.69) is 5.32 Å². The molecular formula is C9H11NO2. The van der Waals surface area contributed by atoms with Crippen molar-refractivity contribution in [3.63, 3.8) is 0 Å². The van der Waals surface area contributed by atoms with Crippen LogP contribution in [0.3, 0.4) is 0 Å². The third kappa shape index (κ3) is 1.75. The van der Waals surface area contributed by atoms with Gasteiger partial charge in [0.05, 0.1) is 6.61 Å². The smallest absolute Gasteiger partial charge is 0.259 e. The van der Waals surface area contributed by atoms with E-state index in [1.807, 2.05) is 30.3 Å². The molecule has 0 amide bonds. The fraction of sp³-hybridized carbons (Fsp3) is 0.333. The summed E-state index contributed by atoms with van der Waals surface area (Å²) in [6.07, 6.45) is -0.271. The van der Waals surface area contributed by atoms with Crippen LogP contribution in [0.15, 0.2) is 30.3 Å². The normalized spacial score (nSPS) is 22.5. The predicted molar refractivity (Wildman–Crippen MR) is 44.8 cm³/mol. The molecule has 3 heteroatoms. The molecule has 64 valence electrons. The highest BCUT2D eigenvalue weighted by atomic mass is 16.7. The van der Waals surface area contributed by atoms with Crippen molar-refractivity contribution in [2.24, 2.45) is 0 Å². The first-order chi connectivity index (χ1) is 5.95. The van der Waals surface area contributed by atoms with Gasteiger partial charge in [0.15, 0.2) is 0 Å². The maximum absolute atomic E-state index is 5.44. The van der Waals surface area contributed by atoms with Gasteiger partial charge in [-0.1, -0.05) is 18.2 Å². The van der Waals surface area contributed by atoms with E-state index >= 15 is 0 Å². The first-order valence-corrected chi connectivity index (χ1v) is 4.02. The zero-order valence-electron chi connectivity index (χ0n) is 6.69. The summed E-state index contributed by atoms with van der Waals surface area (Å²) in [4.78, 5) is 0. The van der Waals surface area contributed by atoms with Crippen LogP contribution in [0.5, 0.6) is 5.75 Å². The van der Waals surface area contributed by atoms with Crippen molar-refractivity contribution in [3.05, 3.63) is 30.3 Å². The van der Waals surface area contributed by atoms with Crippen molar-refractivity contribution in [1.29, 1.82) is 0 Å². The predicted octanol–water partition coefficient (Wildman–Crippen LogP) is 0.969. The van der Waals surface area contributed by atoms with Gasteiger partial charge in [0.1, 0.15) is 5.75 Å². The maximum Gasteiger partial charge on any atom is 0.259 e. The number of benzene rings is 1. The Morgan fingerprint density at radius 2 is 2.17 bits per heavy atom. The van der Waals surface area contributed by atoms with Crippen LogP contribution in [0.25, 0.3) is 0 Å². The monoisotopic (exact) mass is 165 g/mol. The first kappa shape index (κ1) is 7.58. The van der Waals surface area contributed by atoms with Crippen molar-refractivity contribution >= 4 is 0 Å². The Bertz CT molecular complexity index is 232. The molecule has 0 spiro atoms. The summed E-state index contributed by atoms with van der Waals surface area (Å²) in [5.74, 6) is 0.830. The highest BCUT2D eigenvalue weighted by Gasteiger charge is 2.14. The molecule has 0 radical (unpaired) electrons. The van der Waals surface area contributed by atoms with Crippen molar-refractivity contribution < 1.29 is 9.47 Å². The van der Waals surface area contributed by atoms with Gasteiger partial charge in [0, 0.05) is 6.54 Å². The van der Waals surface area contributed by atoms with Gasteiger partial charge in [-0.25, -0.2) is 0 Å². The van der Waals surface area contributed by atoms with Crippen LogP contribution >= 0.6 is 0 Å². The molecule has 0 saturated carbocycles. The Morgan fingerprint density at radius 3 is 2.83 bits per heavy atom. The molecule has 1 atom stereocenters. The number of para-hydroxylation sites is 1. The zero-order chi connectivity index (χ0) is 8.23. The summed E-state index contributed by atoms with van der Waals surface area (Å²) < 4.78 is 10.7. The molecule has 1 aliphatic rings. The second-order valence-corrected chi connectivity index (χ2v) is 2.59. The minimum Gasteiger partial charge on any atom is -0.451 e. The molecular weight excluding hydrogens is 154 g/mol. The molecule has 2 rings (SSSR count). The molecule has 3 nitrogen and oxygen atoms in total. The van der Waals surface area contributed by atoms with Crippen LogP contribution in [-0.2, 0) is 4.74 Å². The van der Waals surface area contributed by atoms with Gasteiger partial charge in [-0.05, 0) is 12.1 Å². The van der Waals surface area contributed by atoms with Crippen LogP contribution in [-0.4, -0.2) is 19.6 Å². The fourth-order valence-electron chi connectivity index (χ4n) is 1.10. The quantitative estimate of drug-likeness (QED) is 0.708. The lowest BCUT2D eigenvalue weighted by Gasteiger charge is -2.11. The lowest BCUT2D eigenvalue weighted by Crippen LogP contribution is -2.28. The average Bonchev–Trinajstić information content (AvgIpc) is 2.59. The van der Waals surface area contributed by atoms with Gasteiger partial charge in [-0.2, -0.15) is 0 Å². The largest absolute Gasteiger partial charge is 0.451 e. The molecule has 1 N–H and O–H groups in total. The van der Waals surface area contributed by atoms with E-state index in [0.717, 1.165) is 18.9 Å². The van der Waals surface area contributed by atoms with Gasteiger partial charge >= 0.3 is 0 Å². The molecule has 1 unspecified atom stereocenters. The van der Waals surface area contributed by atoms with Gasteiger partial charge in [-0.3, -0.25) is 5.32 Å². The van der Waals surface area contributed by atoms with Crippen molar-refractivity contribution in [1.82, 2.24) is 5.32 Å². The molecule has 1 heterocycles. The second-order valence-electron chi connectivity index (χ2n) is 2.59. The molecule has 0 bridgehead atoms. The molecule has 0 aromatic heterocycles. The summed E-state index contributed by atoms with van der Waals surface area (Å²) in [7, 11) is 0. The number of hydrogen-bond donors (Lipinski definition) is 1. The molecule has 0 aliphatic carbocycles. The van der Waals surface area contributed by atoms with Crippen LogP contribution in [0, 0.1) is 0 Å². The Kier molecular flexibility index (Phi) is 2.25. The lowest BCUT2D eigenvalue weighted by molar-refractivity contribution is -0.0518. The summed E-state index contributed by atoms with van der Waals surface area (Å²) in [6.45, 7) is 1.58.